The van der Waals surface area contributed by atoms with Crippen molar-refractivity contribution in [2.24, 2.45) is 0 Å². The number of hydrogen-bond donors (Lipinski definition) is 1. The molecule has 5 nitrogen and oxygen atoms in total. The number of rotatable bonds is 8. The van der Waals surface area contributed by atoms with E-state index in [2.05, 4.69) is 15.0 Å². The Labute approximate surface area is 125 Å². The van der Waals surface area contributed by atoms with Crippen molar-refractivity contribution >= 4 is 28.8 Å². The summed E-state index contributed by atoms with van der Waals surface area (Å²) in [6, 6.07) is 5.50. The van der Waals surface area contributed by atoms with Crippen LogP contribution in [-0.2, 0) is 11.2 Å². The minimum Gasteiger partial charge on any atom is -0.465 e. The Bertz CT molecular complexity index is 527. The molecule has 0 saturated heterocycles. The van der Waals surface area contributed by atoms with Crippen LogP contribution in [0.15, 0.2) is 29.0 Å². The summed E-state index contributed by atoms with van der Waals surface area (Å²) < 4.78 is 10.5. The molecule has 0 aliphatic rings. The fourth-order valence-electron chi connectivity index (χ4n) is 1.60. The zero-order valence-corrected chi connectivity index (χ0v) is 12.4. The van der Waals surface area contributed by atoms with Gasteiger partial charge in [0.1, 0.15) is 6.26 Å². The summed E-state index contributed by atoms with van der Waals surface area (Å²) in [5, 5.41) is 6.34. The predicted molar refractivity (Wildman–Crippen MR) is 77.3 cm³/mol. The molecule has 1 amide bonds. The van der Waals surface area contributed by atoms with Gasteiger partial charge in [0.15, 0.2) is 6.61 Å². The SMILES string of the molecule is O=C(COc1ccon1)NCCCCc1ccc(Cl)s1. The Kier molecular flexibility index (Phi) is 5.88. The van der Waals surface area contributed by atoms with Gasteiger partial charge < -0.3 is 14.6 Å². The number of amides is 1. The molecule has 0 atom stereocenters. The lowest BCUT2D eigenvalue weighted by Gasteiger charge is -2.05. The lowest BCUT2D eigenvalue weighted by molar-refractivity contribution is -0.123. The van der Waals surface area contributed by atoms with Crippen molar-refractivity contribution in [3.63, 3.8) is 0 Å². The molecule has 0 aliphatic carbocycles. The number of aryl methyl sites for hydroxylation is 1. The van der Waals surface area contributed by atoms with Crippen molar-refractivity contribution < 1.29 is 14.1 Å². The average molecular weight is 315 g/mol. The molecule has 20 heavy (non-hydrogen) atoms. The third-order valence-electron chi connectivity index (χ3n) is 2.57. The van der Waals surface area contributed by atoms with E-state index in [-0.39, 0.29) is 12.5 Å². The van der Waals surface area contributed by atoms with Gasteiger partial charge in [0.25, 0.3) is 11.8 Å². The van der Waals surface area contributed by atoms with Gasteiger partial charge in [0.2, 0.25) is 0 Å². The zero-order chi connectivity index (χ0) is 14.2. The lowest BCUT2D eigenvalue weighted by Crippen LogP contribution is -2.29. The summed E-state index contributed by atoms with van der Waals surface area (Å²) in [5.41, 5.74) is 0. The molecule has 0 bridgehead atoms. The first-order valence-corrected chi connectivity index (χ1v) is 7.47. The maximum Gasteiger partial charge on any atom is 0.258 e. The number of ether oxygens (including phenoxy) is 1. The van der Waals surface area contributed by atoms with E-state index in [9.17, 15) is 4.79 Å². The highest BCUT2D eigenvalue weighted by molar-refractivity contribution is 7.16. The molecule has 7 heteroatoms. The molecule has 0 aliphatic heterocycles. The minimum atomic E-state index is -0.160. The molecule has 108 valence electrons. The Morgan fingerprint density at radius 2 is 2.30 bits per heavy atom. The molecule has 0 radical (unpaired) electrons. The van der Waals surface area contributed by atoms with Gasteiger partial charge in [0.05, 0.1) is 4.34 Å². The summed E-state index contributed by atoms with van der Waals surface area (Å²) in [7, 11) is 0. The standard InChI is InChI=1S/C13H15ClN2O3S/c14-11-5-4-10(20-11)3-1-2-7-15-12(17)9-18-13-6-8-19-16-13/h4-6,8H,1-3,7,9H2,(H,15,17). The van der Waals surface area contributed by atoms with Crippen molar-refractivity contribution in [3.05, 3.63) is 33.7 Å². The Hall–Kier alpha value is -1.53. The summed E-state index contributed by atoms with van der Waals surface area (Å²) in [4.78, 5) is 12.7. The van der Waals surface area contributed by atoms with E-state index in [0.29, 0.717) is 12.4 Å². The maximum absolute atomic E-state index is 11.5. The summed E-state index contributed by atoms with van der Waals surface area (Å²) >= 11 is 7.46. The molecular formula is C13H15ClN2O3S. The number of hydrogen-bond acceptors (Lipinski definition) is 5. The molecule has 2 aromatic rings. The molecule has 1 N–H and O–H groups in total. The van der Waals surface area contributed by atoms with Crippen LogP contribution in [0.25, 0.3) is 0 Å². The van der Waals surface area contributed by atoms with Gasteiger partial charge >= 0.3 is 0 Å². The molecule has 0 spiro atoms. The van der Waals surface area contributed by atoms with Gasteiger partial charge in [0, 0.05) is 17.5 Å². The van der Waals surface area contributed by atoms with Crippen molar-refractivity contribution in [2.45, 2.75) is 19.3 Å². The molecule has 0 fully saturated rings. The number of thiophene rings is 1. The molecule has 2 heterocycles. The predicted octanol–water partition coefficient (Wildman–Crippen LogP) is 2.91. The highest BCUT2D eigenvalue weighted by atomic mass is 35.5. The fraction of sp³-hybridized carbons (Fsp3) is 0.385. The highest BCUT2D eigenvalue weighted by Crippen LogP contribution is 2.22. The maximum atomic E-state index is 11.5. The molecule has 2 rings (SSSR count). The number of halogens is 1. The summed E-state index contributed by atoms with van der Waals surface area (Å²) in [6.45, 7) is 0.590. The molecule has 2 aromatic heterocycles. The first-order valence-electron chi connectivity index (χ1n) is 6.28. The van der Waals surface area contributed by atoms with Gasteiger partial charge in [-0.25, -0.2) is 0 Å². The normalized spacial score (nSPS) is 10.4. The number of nitrogens with one attached hydrogen (secondary N) is 1. The Morgan fingerprint density at radius 3 is 3.00 bits per heavy atom. The van der Waals surface area contributed by atoms with Crippen LogP contribution < -0.4 is 10.1 Å². The van der Waals surface area contributed by atoms with Crippen LogP contribution in [0.3, 0.4) is 0 Å². The number of nitrogens with zero attached hydrogens (tertiary/aromatic N) is 1. The van der Waals surface area contributed by atoms with Crippen molar-refractivity contribution in [3.8, 4) is 5.88 Å². The topological polar surface area (TPSA) is 64.4 Å². The number of carbonyl (C=O) groups excluding carboxylic acids is 1. The monoisotopic (exact) mass is 314 g/mol. The van der Waals surface area contributed by atoms with Crippen molar-refractivity contribution in [1.82, 2.24) is 10.5 Å². The third-order valence-corrected chi connectivity index (χ3v) is 3.86. The van der Waals surface area contributed by atoms with Gasteiger partial charge in [-0.15, -0.1) is 11.3 Å². The van der Waals surface area contributed by atoms with E-state index in [0.717, 1.165) is 23.6 Å². The number of unbranched alkanes of at least 4 members (excludes halogenated alkanes) is 1. The van der Waals surface area contributed by atoms with Gasteiger partial charge in [-0.1, -0.05) is 11.6 Å². The Balaban J connectivity index is 1.51. The molecule has 0 unspecified atom stereocenters. The average Bonchev–Trinajstić information content (AvgIpc) is 3.07. The lowest BCUT2D eigenvalue weighted by atomic mass is 10.2. The van der Waals surface area contributed by atoms with E-state index in [4.69, 9.17) is 16.3 Å². The van der Waals surface area contributed by atoms with Gasteiger partial charge in [-0.2, -0.15) is 0 Å². The van der Waals surface area contributed by atoms with Gasteiger partial charge in [-0.05, 0) is 36.6 Å². The number of carbonyl (C=O) groups is 1. The van der Waals surface area contributed by atoms with Crippen LogP contribution in [0.4, 0.5) is 0 Å². The first-order chi connectivity index (χ1) is 9.74. The quantitative estimate of drug-likeness (QED) is 0.761. The molecule has 0 saturated carbocycles. The second-order valence-corrected chi connectivity index (χ2v) is 5.94. The largest absolute Gasteiger partial charge is 0.465 e. The van der Waals surface area contributed by atoms with Crippen LogP contribution >= 0.6 is 22.9 Å². The molecular weight excluding hydrogens is 300 g/mol. The summed E-state index contributed by atoms with van der Waals surface area (Å²) in [5.74, 6) is 0.155. The Morgan fingerprint density at radius 1 is 1.40 bits per heavy atom. The second kappa shape index (κ2) is 7.91. The van der Waals surface area contributed by atoms with Crippen molar-refractivity contribution in [1.29, 1.82) is 0 Å². The molecule has 0 aromatic carbocycles. The van der Waals surface area contributed by atoms with E-state index in [1.54, 1.807) is 17.4 Å². The van der Waals surface area contributed by atoms with Crippen LogP contribution in [-0.4, -0.2) is 24.2 Å². The second-order valence-electron chi connectivity index (χ2n) is 4.14. The minimum absolute atomic E-state index is 0.0485. The van der Waals surface area contributed by atoms with E-state index < -0.39 is 0 Å². The first kappa shape index (κ1) is 14.9. The highest BCUT2D eigenvalue weighted by Gasteiger charge is 2.04. The van der Waals surface area contributed by atoms with E-state index in [1.807, 2.05) is 12.1 Å². The van der Waals surface area contributed by atoms with Crippen molar-refractivity contribution in [2.75, 3.05) is 13.2 Å². The van der Waals surface area contributed by atoms with Gasteiger partial charge in [-0.3, -0.25) is 4.79 Å². The van der Waals surface area contributed by atoms with E-state index >= 15 is 0 Å². The van der Waals surface area contributed by atoms with Crippen LogP contribution in [0.2, 0.25) is 4.34 Å². The van der Waals surface area contributed by atoms with Crippen LogP contribution in [0, 0.1) is 0 Å². The number of aromatic nitrogens is 1. The third kappa shape index (κ3) is 5.22. The fourth-order valence-corrected chi connectivity index (χ4v) is 2.73. The summed E-state index contributed by atoms with van der Waals surface area (Å²) in [6.07, 6.45) is 4.32. The van der Waals surface area contributed by atoms with E-state index in [1.165, 1.54) is 11.1 Å². The van der Waals surface area contributed by atoms with Crippen LogP contribution in [0.5, 0.6) is 5.88 Å². The van der Waals surface area contributed by atoms with Crippen LogP contribution in [0.1, 0.15) is 17.7 Å². The zero-order valence-electron chi connectivity index (χ0n) is 10.8. The smallest absolute Gasteiger partial charge is 0.258 e.